The van der Waals surface area contributed by atoms with Crippen molar-refractivity contribution >= 4 is 0 Å². The summed E-state index contributed by atoms with van der Waals surface area (Å²) < 4.78 is 42.6. The van der Waals surface area contributed by atoms with Gasteiger partial charge in [-0.1, -0.05) is 12.1 Å². The average molecular weight is 235 g/mol. The number of nitrogens with two attached hydrogens (primary N) is 1. The number of hydrogen-bond acceptors (Lipinski definition) is 3. The second-order valence-corrected chi connectivity index (χ2v) is 3.29. The average Bonchev–Trinajstić information content (AvgIpc) is 2.26. The van der Waals surface area contributed by atoms with Crippen LogP contribution in [0.15, 0.2) is 24.3 Å². The standard InChI is InChI=1S/C10H12F3NO2/c1-16-8-4-2-7(3-5-8)9(15,6-14)10(11,12)13/h2-5,15H,6,14H2,1H3. The fourth-order valence-electron chi connectivity index (χ4n) is 1.26. The van der Waals surface area contributed by atoms with E-state index in [1.165, 1.54) is 19.2 Å². The number of alkyl halides is 3. The maximum absolute atomic E-state index is 12.6. The van der Waals surface area contributed by atoms with Gasteiger partial charge < -0.3 is 15.6 Å². The Morgan fingerprint density at radius 3 is 2.06 bits per heavy atom. The molecule has 0 aromatic heterocycles. The number of hydrogen-bond donors (Lipinski definition) is 2. The van der Waals surface area contributed by atoms with Crippen LogP contribution in [-0.4, -0.2) is 24.9 Å². The molecule has 1 unspecified atom stereocenters. The summed E-state index contributed by atoms with van der Waals surface area (Å²) in [6.45, 7) is -0.928. The molecule has 6 heteroatoms. The van der Waals surface area contributed by atoms with Gasteiger partial charge in [0.15, 0.2) is 5.60 Å². The van der Waals surface area contributed by atoms with Gasteiger partial charge >= 0.3 is 6.18 Å². The van der Waals surface area contributed by atoms with Gasteiger partial charge in [-0.05, 0) is 17.7 Å². The van der Waals surface area contributed by atoms with Crippen molar-refractivity contribution in [1.29, 1.82) is 0 Å². The van der Waals surface area contributed by atoms with Crippen molar-refractivity contribution in [2.24, 2.45) is 5.73 Å². The number of rotatable bonds is 3. The quantitative estimate of drug-likeness (QED) is 0.832. The molecule has 0 radical (unpaired) electrons. The summed E-state index contributed by atoms with van der Waals surface area (Å²) in [6.07, 6.45) is -4.81. The van der Waals surface area contributed by atoms with Crippen molar-refractivity contribution < 1.29 is 23.0 Å². The maximum atomic E-state index is 12.6. The minimum absolute atomic E-state index is 0.302. The molecule has 0 heterocycles. The molecule has 1 rings (SSSR count). The first-order valence-corrected chi connectivity index (χ1v) is 4.49. The SMILES string of the molecule is COc1ccc(C(O)(CN)C(F)(F)F)cc1. The molecule has 3 nitrogen and oxygen atoms in total. The monoisotopic (exact) mass is 235 g/mol. The molecule has 90 valence electrons. The summed E-state index contributed by atoms with van der Waals surface area (Å²) in [5.41, 5.74) is 1.68. The third kappa shape index (κ3) is 2.12. The van der Waals surface area contributed by atoms with E-state index in [2.05, 4.69) is 0 Å². The lowest BCUT2D eigenvalue weighted by atomic mass is 9.93. The molecule has 0 fully saturated rings. The van der Waals surface area contributed by atoms with Gasteiger partial charge in [0, 0.05) is 6.54 Å². The van der Waals surface area contributed by atoms with Crippen LogP contribution < -0.4 is 10.5 Å². The Morgan fingerprint density at radius 1 is 1.25 bits per heavy atom. The molecule has 0 aliphatic carbocycles. The minimum Gasteiger partial charge on any atom is -0.497 e. The largest absolute Gasteiger partial charge is 0.497 e. The van der Waals surface area contributed by atoms with Crippen molar-refractivity contribution in [2.45, 2.75) is 11.8 Å². The summed E-state index contributed by atoms with van der Waals surface area (Å²) in [7, 11) is 1.40. The number of methoxy groups -OCH3 is 1. The lowest BCUT2D eigenvalue weighted by Crippen LogP contribution is -2.48. The van der Waals surface area contributed by atoms with E-state index >= 15 is 0 Å². The highest BCUT2D eigenvalue weighted by molar-refractivity contribution is 5.32. The van der Waals surface area contributed by atoms with Gasteiger partial charge in [-0.15, -0.1) is 0 Å². The van der Waals surface area contributed by atoms with Crippen molar-refractivity contribution in [2.75, 3.05) is 13.7 Å². The Morgan fingerprint density at radius 2 is 1.75 bits per heavy atom. The van der Waals surface area contributed by atoms with Crippen LogP contribution >= 0.6 is 0 Å². The molecule has 0 amide bonds. The van der Waals surface area contributed by atoms with Gasteiger partial charge in [-0.2, -0.15) is 13.2 Å². The summed E-state index contributed by atoms with van der Waals surface area (Å²) in [6, 6.07) is 4.95. The Kier molecular flexibility index (Phi) is 3.44. The van der Waals surface area contributed by atoms with Gasteiger partial charge in [0.25, 0.3) is 0 Å². The summed E-state index contributed by atoms with van der Waals surface area (Å²) in [5.74, 6) is 0.408. The number of benzene rings is 1. The van der Waals surface area contributed by atoms with Crippen LogP contribution in [0.3, 0.4) is 0 Å². The van der Waals surface area contributed by atoms with E-state index in [1.54, 1.807) is 0 Å². The van der Waals surface area contributed by atoms with Gasteiger partial charge in [0.05, 0.1) is 7.11 Å². The topological polar surface area (TPSA) is 55.5 Å². The zero-order valence-corrected chi connectivity index (χ0v) is 8.58. The number of ether oxygens (including phenoxy) is 1. The normalized spacial score (nSPS) is 15.6. The minimum atomic E-state index is -4.81. The lowest BCUT2D eigenvalue weighted by Gasteiger charge is -2.29. The van der Waals surface area contributed by atoms with Gasteiger partial charge in [0.2, 0.25) is 0 Å². The van der Waals surface area contributed by atoms with Crippen LogP contribution in [0.4, 0.5) is 13.2 Å². The van der Waals surface area contributed by atoms with Crippen LogP contribution in [0, 0.1) is 0 Å². The molecule has 1 aromatic rings. The smallest absolute Gasteiger partial charge is 0.422 e. The Labute approximate surface area is 90.6 Å². The molecular formula is C10H12F3NO2. The second-order valence-electron chi connectivity index (χ2n) is 3.29. The first kappa shape index (κ1) is 12.8. The molecule has 16 heavy (non-hydrogen) atoms. The van der Waals surface area contributed by atoms with Crippen molar-refractivity contribution in [3.8, 4) is 5.75 Å². The fourth-order valence-corrected chi connectivity index (χ4v) is 1.26. The first-order valence-electron chi connectivity index (χ1n) is 4.49. The molecule has 0 spiro atoms. The lowest BCUT2D eigenvalue weighted by molar-refractivity contribution is -0.262. The van der Waals surface area contributed by atoms with E-state index in [9.17, 15) is 18.3 Å². The van der Waals surface area contributed by atoms with Crippen molar-refractivity contribution in [1.82, 2.24) is 0 Å². The molecular weight excluding hydrogens is 223 g/mol. The van der Waals surface area contributed by atoms with E-state index < -0.39 is 18.3 Å². The van der Waals surface area contributed by atoms with Crippen LogP contribution in [0.25, 0.3) is 0 Å². The summed E-state index contributed by atoms with van der Waals surface area (Å²) in [4.78, 5) is 0. The van der Waals surface area contributed by atoms with Crippen LogP contribution in [-0.2, 0) is 5.60 Å². The predicted octanol–water partition coefficient (Wildman–Crippen LogP) is 1.40. The first-order chi connectivity index (χ1) is 7.35. The maximum Gasteiger partial charge on any atom is 0.422 e. The predicted molar refractivity (Wildman–Crippen MR) is 52.0 cm³/mol. The van der Waals surface area contributed by atoms with E-state index in [4.69, 9.17) is 10.5 Å². The third-order valence-electron chi connectivity index (χ3n) is 2.33. The zero-order valence-electron chi connectivity index (χ0n) is 8.58. The van der Waals surface area contributed by atoms with Gasteiger partial charge in [-0.25, -0.2) is 0 Å². The van der Waals surface area contributed by atoms with Crippen LogP contribution in [0.5, 0.6) is 5.75 Å². The second kappa shape index (κ2) is 4.31. The number of halogens is 3. The summed E-state index contributed by atoms with van der Waals surface area (Å²) >= 11 is 0. The van der Waals surface area contributed by atoms with E-state index in [0.29, 0.717) is 5.75 Å². The van der Waals surface area contributed by atoms with Gasteiger partial charge in [0.1, 0.15) is 5.75 Å². The van der Waals surface area contributed by atoms with E-state index in [-0.39, 0.29) is 5.56 Å². The van der Waals surface area contributed by atoms with Crippen LogP contribution in [0.1, 0.15) is 5.56 Å². The van der Waals surface area contributed by atoms with Crippen molar-refractivity contribution in [3.63, 3.8) is 0 Å². The highest BCUT2D eigenvalue weighted by Crippen LogP contribution is 2.38. The molecule has 0 aliphatic rings. The molecule has 3 N–H and O–H groups in total. The Bertz CT molecular complexity index is 350. The van der Waals surface area contributed by atoms with E-state index in [1.807, 2.05) is 0 Å². The van der Waals surface area contributed by atoms with Gasteiger partial charge in [-0.3, -0.25) is 0 Å². The molecule has 1 aromatic carbocycles. The molecule has 0 saturated carbocycles. The fraction of sp³-hybridized carbons (Fsp3) is 0.400. The van der Waals surface area contributed by atoms with E-state index in [0.717, 1.165) is 12.1 Å². The zero-order chi connectivity index (χ0) is 12.4. The number of aliphatic hydroxyl groups is 1. The Balaban J connectivity index is 3.13. The molecule has 1 atom stereocenters. The highest BCUT2D eigenvalue weighted by atomic mass is 19.4. The van der Waals surface area contributed by atoms with Crippen molar-refractivity contribution in [3.05, 3.63) is 29.8 Å². The molecule has 0 saturated heterocycles. The Hall–Kier alpha value is -1.27. The summed E-state index contributed by atoms with van der Waals surface area (Å²) in [5, 5.41) is 9.50. The van der Waals surface area contributed by atoms with Crippen LogP contribution in [0.2, 0.25) is 0 Å². The molecule has 0 aliphatic heterocycles. The highest BCUT2D eigenvalue weighted by Gasteiger charge is 2.53. The molecule has 0 bridgehead atoms. The third-order valence-corrected chi connectivity index (χ3v) is 2.33.